The molecule has 1 heterocycles. The molecule has 0 bridgehead atoms. The molecule has 0 spiro atoms. The zero-order chi connectivity index (χ0) is 23.3. The van der Waals surface area contributed by atoms with Gasteiger partial charge in [0.15, 0.2) is 0 Å². The van der Waals surface area contributed by atoms with Gasteiger partial charge in [0.05, 0.1) is 24.0 Å². The minimum atomic E-state index is -3.90. The zero-order valence-corrected chi connectivity index (χ0v) is 19.4. The molecule has 0 unspecified atom stereocenters. The Kier molecular flexibility index (Phi) is 7.11. The first kappa shape index (κ1) is 23.0. The van der Waals surface area contributed by atoms with E-state index in [1.54, 1.807) is 47.4 Å². The number of carbonyl (C=O) groups excluding carboxylic acids is 1. The fraction of sp³-hybridized carbons (Fsp3) is 0.269. The van der Waals surface area contributed by atoms with Crippen molar-refractivity contribution in [1.29, 1.82) is 0 Å². The van der Waals surface area contributed by atoms with Gasteiger partial charge >= 0.3 is 0 Å². The molecule has 0 atom stereocenters. The number of piperidine rings is 1. The quantitative estimate of drug-likeness (QED) is 0.522. The lowest BCUT2D eigenvalue weighted by molar-refractivity contribution is -0.000465. The van der Waals surface area contributed by atoms with E-state index >= 15 is 0 Å². The molecule has 7 heteroatoms. The minimum Gasteiger partial charge on any atom is -0.373 e. The Morgan fingerprint density at radius 2 is 1.48 bits per heavy atom. The van der Waals surface area contributed by atoms with Crippen LogP contribution < -0.4 is 4.31 Å². The molecule has 0 radical (unpaired) electrons. The van der Waals surface area contributed by atoms with Gasteiger partial charge in [0.1, 0.15) is 4.90 Å². The molecule has 3 aromatic carbocycles. The Hall–Kier alpha value is -3.16. The molecule has 0 aliphatic carbocycles. The maximum Gasteiger partial charge on any atom is 0.264 e. The highest BCUT2D eigenvalue weighted by molar-refractivity contribution is 7.92. The van der Waals surface area contributed by atoms with Crippen LogP contribution in [0, 0.1) is 0 Å². The van der Waals surface area contributed by atoms with Crippen LogP contribution in [-0.2, 0) is 21.4 Å². The molecule has 172 valence electrons. The van der Waals surface area contributed by atoms with Crippen LogP contribution >= 0.6 is 0 Å². The van der Waals surface area contributed by atoms with Crippen molar-refractivity contribution in [1.82, 2.24) is 4.90 Å². The van der Waals surface area contributed by atoms with E-state index in [0.717, 1.165) is 18.4 Å². The van der Waals surface area contributed by atoms with E-state index in [1.807, 2.05) is 36.4 Å². The number of likely N-dealkylation sites (tertiary alicyclic amines) is 1. The first-order chi connectivity index (χ1) is 16.0. The van der Waals surface area contributed by atoms with E-state index < -0.39 is 10.0 Å². The molecule has 33 heavy (non-hydrogen) atoms. The van der Waals surface area contributed by atoms with Crippen molar-refractivity contribution in [2.24, 2.45) is 0 Å². The highest BCUT2D eigenvalue weighted by Gasteiger charge is 2.30. The molecular formula is C26H28N2O4S. The minimum absolute atomic E-state index is 0.0174. The average Bonchev–Trinajstić information content (AvgIpc) is 2.88. The number of nitrogens with zero attached hydrogens (tertiary/aromatic N) is 2. The van der Waals surface area contributed by atoms with Gasteiger partial charge in [-0.2, -0.15) is 0 Å². The molecule has 1 aliphatic heterocycles. The van der Waals surface area contributed by atoms with E-state index in [9.17, 15) is 13.2 Å². The van der Waals surface area contributed by atoms with Crippen LogP contribution in [-0.4, -0.2) is 45.5 Å². The van der Waals surface area contributed by atoms with Gasteiger partial charge in [-0.05, 0) is 42.7 Å². The second-order valence-electron chi connectivity index (χ2n) is 8.09. The summed E-state index contributed by atoms with van der Waals surface area (Å²) in [7, 11) is -2.39. The average molecular weight is 465 g/mol. The van der Waals surface area contributed by atoms with Crippen molar-refractivity contribution in [2.45, 2.75) is 30.4 Å². The number of rotatable bonds is 7. The standard InChI is InChI=1S/C26H28N2O4S/c1-27(22-12-6-3-7-13-22)33(30,31)25-15-9-8-14-24(25)26(29)28-18-16-23(17-19-28)32-20-21-10-4-2-5-11-21/h2-15,23H,16-20H2,1H3. The number of ether oxygens (including phenoxy) is 1. The first-order valence-electron chi connectivity index (χ1n) is 11.0. The fourth-order valence-electron chi connectivity index (χ4n) is 3.98. The van der Waals surface area contributed by atoms with E-state index in [4.69, 9.17) is 4.74 Å². The number of hydrogen-bond donors (Lipinski definition) is 0. The van der Waals surface area contributed by atoms with Gasteiger partial charge in [-0.25, -0.2) is 8.42 Å². The van der Waals surface area contributed by atoms with Crippen LogP contribution in [0.5, 0.6) is 0 Å². The number of carbonyl (C=O) groups is 1. The van der Waals surface area contributed by atoms with Crippen molar-refractivity contribution in [3.8, 4) is 0 Å². The fourth-order valence-corrected chi connectivity index (χ4v) is 5.35. The highest BCUT2D eigenvalue weighted by Crippen LogP contribution is 2.26. The molecular weight excluding hydrogens is 436 g/mol. The van der Waals surface area contributed by atoms with E-state index in [2.05, 4.69) is 0 Å². The third kappa shape index (κ3) is 5.26. The molecule has 4 rings (SSSR count). The van der Waals surface area contributed by atoms with Crippen molar-refractivity contribution in [3.05, 3.63) is 96.1 Å². The molecule has 1 amide bonds. The molecule has 1 saturated heterocycles. The zero-order valence-electron chi connectivity index (χ0n) is 18.6. The van der Waals surface area contributed by atoms with Crippen LogP contribution in [0.1, 0.15) is 28.8 Å². The summed E-state index contributed by atoms with van der Waals surface area (Å²) in [6.45, 7) is 1.61. The first-order valence-corrected chi connectivity index (χ1v) is 12.5. The van der Waals surface area contributed by atoms with Crippen LogP contribution in [0.3, 0.4) is 0 Å². The highest BCUT2D eigenvalue weighted by atomic mass is 32.2. The Bertz CT molecular complexity index is 1180. The van der Waals surface area contributed by atoms with Crippen LogP contribution in [0.2, 0.25) is 0 Å². The van der Waals surface area contributed by atoms with Crippen molar-refractivity contribution < 1.29 is 17.9 Å². The summed E-state index contributed by atoms with van der Waals surface area (Å²) in [5, 5.41) is 0. The Morgan fingerprint density at radius 3 is 2.15 bits per heavy atom. The van der Waals surface area contributed by atoms with Gasteiger partial charge in [-0.3, -0.25) is 9.10 Å². The van der Waals surface area contributed by atoms with Gasteiger partial charge in [0.25, 0.3) is 15.9 Å². The van der Waals surface area contributed by atoms with Crippen LogP contribution in [0.25, 0.3) is 0 Å². The number of benzene rings is 3. The van der Waals surface area contributed by atoms with Crippen molar-refractivity contribution in [2.75, 3.05) is 24.4 Å². The second kappa shape index (κ2) is 10.2. The summed E-state index contributed by atoms with van der Waals surface area (Å²) in [4.78, 5) is 15.1. The van der Waals surface area contributed by atoms with Gasteiger partial charge in [0, 0.05) is 20.1 Å². The molecule has 0 N–H and O–H groups in total. The lowest BCUT2D eigenvalue weighted by Crippen LogP contribution is -2.41. The third-order valence-corrected chi connectivity index (χ3v) is 7.78. The topological polar surface area (TPSA) is 66.9 Å². The summed E-state index contributed by atoms with van der Waals surface area (Å²) >= 11 is 0. The van der Waals surface area contributed by atoms with E-state index in [-0.39, 0.29) is 22.5 Å². The van der Waals surface area contributed by atoms with Crippen molar-refractivity contribution in [3.63, 3.8) is 0 Å². The van der Waals surface area contributed by atoms with Gasteiger partial charge in [0.2, 0.25) is 0 Å². The summed E-state index contributed by atoms with van der Waals surface area (Å²) in [6.07, 6.45) is 1.52. The van der Waals surface area contributed by atoms with Gasteiger partial charge < -0.3 is 9.64 Å². The molecule has 1 aliphatic rings. The van der Waals surface area contributed by atoms with E-state index in [1.165, 1.54) is 17.4 Å². The molecule has 0 aromatic heterocycles. The number of sulfonamides is 1. The van der Waals surface area contributed by atoms with Gasteiger partial charge in [-0.1, -0.05) is 60.7 Å². The molecule has 1 fully saturated rings. The molecule has 3 aromatic rings. The smallest absolute Gasteiger partial charge is 0.264 e. The van der Waals surface area contributed by atoms with Gasteiger partial charge in [-0.15, -0.1) is 0 Å². The SMILES string of the molecule is CN(c1ccccc1)S(=O)(=O)c1ccccc1C(=O)N1CCC(OCc2ccccc2)CC1. The summed E-state index contributed by atoms with van der Waals surface area (Å²) in [6, 6.07) is 25.3. The maximum atomic E-state index is 13.3. The van der Waals surface area contributed by atoms with Crippen molar-refractivity contribution >= 4 is 21.6 Å². The van der Waals surface area contributed by atoms with E-state index in [0.29, 0.717) is 25.4 Å². The largest absolute Gasteiger partial charge is 0.373 e. The number of amides is 1. The normalized spacial score (nSPS) is 14.8. The van der Waals surface area contributed by atoms with Crippen LogP contribution in [0.15, 0.2) is 89.8 Å². The number of para-hydroxylation sites is 1. The predicted molar refractivity (Wildman–Crippen MR) is 129 cm³/mol. The Labute approximate surface area is 195 Å². The summed E-state index contributed by atoms with van der Waals surface area (Å²) in [5.74, 6) is -0.267. The lowest BCUT2D eigenvalue weighted by Gasteiger charge is -2.32. The summed E-state index contributed by atoms with van der Waals surface area (Å²) < 4.78 is 33.9. The predicted octanol–water partition coefficient (Wildman–Crippen LogP) is 4.33. The number of hydrogen-bond acceptors (Lipinski definition) is 4. The number of anilines is 1. The Balaban J connectivity index is 1.44. The second-order valence-corrected chi connectivity index (χ2v) is 10.0. The lowest BCUT2D eigenvalue weighted by atomic mass is 10.1. The monoisotopic (exact) mass is 464 g/mol. The van der Waals surface area contributed by atoms with Crippen LogP contribution in [0.4, 0.5) is 5.69 Å². The molecule has 6 nitrogen and oxygen atoms in total. The third-order valence-electron chi connectivity index (χ3n) is 5.93. The summed E-state index contributed by atoms with van der Waals surface area (Å²) in [5.41, 5.74) is 1.86. The molecule has 0 saturated carbocycles. The Morgan fingerprint density at radius 1 is 0.909 bits per heavy atom. The maximum absolute atomic E-state index is 13.3.